The highest BCUT2D eigenvalue weighted by molar-refractivity contribution is 6.75. The quantitative estimate of drug-likeness (QED) is 0.0238. The van der Waals surface area contributed by atoms with Gasteiger partial charge in [-0.1, -0.05) is 165 Å². The topological polar surface area (TPSA) is 54.0 Å². The zero-order valence-electron chi connectivity index (χ0n) is 39.1. The summed E-state index contributed by atoms with van der Waals surface area (Å²) in [5, 5.41) is 0.226. The third-order valence-electron chi connectivity index (χ3n) is 12.9. The van der Waals surface area contributed by atoms with E-state index in [1.807, 2.05) is 6.08 Å². The standard InChI is InChI=1S/C46H94O5Si3/c1-19-22-23-24-25-26-27-28-29-30-31-32-33-35-40(49-52(13,14)44(4,5)6)37-42(51-54(17,18)46(10,11)12)38-41(50-53(15,16)45(7,8)9)36-39(34-20-2)48-43(47)21-3/h20-21,39-42H,2-3,19,22-38H2,1,4-18H3/t39-,40+,41+,42+/m1/s1. The zero-order valence-corrected chi connectivity index (χ0v) is 42.1. The third-order valence-corrected chi connectivity index (χ3v) is 26.5. The lowest BCUT2D eigenvalue weighted by atomic mass is 9.98. The molecule has 0 aliphatic rings. The molecule has 54 heavy (non-hydrogen) atoms. The zero-order chi connectivity index (χ0) is 41.9. The predicted molar refractivity (Wildman–Crippen MR) is 245 cm³/mol. The van der Waals surface area contributed by atoms with Gasteiger partial charge in [0.2, 0.25) is 0 Å². The lowest BCUT2D eigenvalue weighted by Crippen LogP contribution is -2.49. The van der Waals surface area contributed by atoms with Crippen molar-refractivity contribution in [1.82, 2.24) is 0 Å². The summed E-state index contributed by atoms with van der Waals surface area (Å²) < 4.78 is 27.8. The van der Waals surface area contributed by atoms with E-state index in [2.05, 4.69) is 122 Å². The lowest BCUT2D eigenvalue weighted by molar-refractivity contribution is -0.144. The van der Waals surface area contributed by atoms with Crippen LogP contribution in [0.4, 0.5) is 0 Å². The van der Waals surface area contributed by atoms with Crippen LogP contribution >= 0.6 is 0 Å². The lowest BCUT2D eigenvalue weighted by Gasteiger charge is -2.44. The van der Waals surface area contributed by atoms with Gasteiger partial charge in [-0.2, -0.15) is 0 Å². The first-order valence-electron chi connectivity index (χ1n) is 22.2. The molecule has 0 N–H and O–H groups in total. The van der Waals surface area contributed by atoms with E-state index in [0.717, 1.165) is 19.3 Å². The van der Waals surface area contributed by atoms with Crippen molar-refractivity contribution in [2.24, 2.45) is 0 Å². The van der Waals surface area contributed by atoms with Gasteiger partial charge >= 0.3 is 5.97 Å². The molecule has 320 valence electrons. The van der Waals surface area contributed by atoms with Crippen molar-refractivity contribution in [3.63, 3.8) is 0 Å². The van der Waals surface area contributed by atoms with Crippen molar-refractivity contribution in [3.8, 4) is 0 Å². The van der Waals surface area contributed by atoms with Crippen molar-refractivity contribution >= 4 is 30.9 Å². The van der Waals surface area contributed by atoms with Crippen LogP contribution in [0, 0.1) is 0 Å². The summed E-state index contributed by atoms with van der Waals surface area (Å²) in [6.07, 6.45) is 24.2. The number of carbonyl (C=O) groups excluding carboxylic acids is 1. The Hall–Kier alpha value is -0.519. The first-order valence-corrected chi connectivity index (χ1v) is 30.9. The van der Waals surface area contributed by atoms with Crippen molar-refractivity contribution in [3.05, 3.63) is 25.3 Å². The fourth-order valence-electron chi connectivity index (χ4n) is 6.25. The van der Waals surface area contributed by atoms with E-state index >= 15 is 0 Å². The molecule has 0 aliphatic carbocycles. The molecule has 0 aromatic heterocycles. The molecule has 0 aromatic carbocycles. The van der Waals surface area contributed by atoms with Gasteiger partial charge in [0.05, 0.1) is 6.10 Å². The highest BCUT2D eigenvalue weighted by Crippen LogP contribution is 2.43. The van der Waals surface area contributed by atoms with E-state index < -0.39 is 30.9 Å². The molecule has 0 radical (unpaired) electrons. The average Bonchev–Trinajstić information content (AvgIpc) is 3.01. The van der Waals surface area contributed by atoms with Crippen LogP contribution in [0.3, 0.4) is 0 Å². The van der Waals surface area contributed by atoms with E-state index in [1.165, 1.54) is 89.5 Å². The molecule has 0 spiro atoms. The number of carbonyl (C=O) groups is 1. The Kier molecular flexibility index (Phi) is 24.8. The van der Waals surface area contributed by atoms with Gasteiger partial charge in [0.15, 0.2) is 25.0 Å². The van der Waals surface area contributed by atoms with Crippen LogP contribution in [0.2, 0.25) is 54.4 Å². The molecule has 0 heterocycles. The molecule has 0 unspecified atom stereocenters. The van der Waals surface area contributed by atoms with Crippen LogP contribution in [0.15, 0.2) is 25.3 Å². The smallest absolute Gasteiger partial charge is 0.330 e. The second-order valence-corrected chi connectivity index (χ2v) is 35.3. The molecule has 0 fully saturated rings. The van der Waals surface area contributed by atoms with Gasteiger partial charge in [-0.25, -0.2) is 4.79 Å². The number of esters is 1. The van der Waals surface area contributed by atoms with Gasteiger partial charge in [-0.3, -0.25) is 0 Å². The molecule has 0 bridgehead atoms. The molecule has 8 heteroatoms. The van der Waals surface area contributed by atoms with Crippen molar-refractivity contribution in [2.75, 3.05) is 0 Å². The summed E-state index contributed by atoms with van der Waals surface area (Å²) in [4.78, 5) is 12.4. The Labute approximate surface area is 341 Å². The second-order valence-electron chi connectivity index (χ2n) is 21.0. The first-order chi connectivity index (χ1) is 24.7. The van der Waals surface area contributed by atoms with E-state index in [0.29, 0.717) is 12.8 Å². The maximum Gasteiger partial charge on any atom is 0.330 e. The fourth-order valence-corrected chi connectivity index (χ4v) is 10.4. The SMILES string of the molecule is C=CC[C@H](C[C@@H](C[C@H](C[C@H](CCCCCCCCCCCCCCC)O[Si](C)(C)C(C)(C)C)O[Si](C)(C)C(C)(C)C)O[Si](C)(C)C(C)(C)C)OC(=O)C=C. The summed E-state index contributed by atoms with van der Waals surface area (Å²) >= 11 is 0. The number of unbranched alkanes of at least 4 members (excludes halogenated alkanes) is 12. The molecular formula is C46H94O5Si3. The predicted octanol–water partition coefficient (Wildman–Crippen LogP) is 15.5. The Morgan fingerprint density at radius 1 is 0.519 bits per heavy atom. The van der Waals surface area contributed by atoms with E-state index in [4.69, 9.17) is 18.0 Å². The summed E-state index contributed by atoms with van der Waals surface area (Å²) in [5.41, 5.74) is 0. The monoisotopic (exact) mass is 811 g/mol. The molecule has 0 saturated carbocycles. The Balaban J connectivity index is 6.26. The number of hydrogen-bond acceptors (Lipinski definition) is 5. The van der Waals surface area contributed by atoms with Crippen LogP contribution in [-0.4, -0.2) is 55.3 Å². The minimum Gasteiger partial charge on any atom is -0.459 e. The Morgan fingerprint density at radius 2 is 0.833 bits per heavy atom. The maximum absolute atomic E-state index is 12.4. The largest absolute Gasteiger partial charge is 0.459 e. The van der Waals surface area contributed by atoms with Gasteiger partial charge in [0, 0.05) is 31.1 Å². The van der Waals surface area contributed by atoms with Crippen LogP contribution < -0.4 is 0 Å². The molecule has 0 rings (SSSR count). The summed E-state index contributed by atoms with van der Waals surface area (Å²) in [6.45, 7) is 45.0. The van der Waals surface area contributed by atoms with E-state index in [1.54, 1.807) is 0 Å². The second kappa shape index (κ2) is 25.1. The molecule has 0 saturated heterocycles. The Bertz CT molecular complexity index is 1030. The van der Waals surface area contributed by atoms with Gasteiger partial charge in [-0.15, -0.1) is 6.58 Å². The van der Waals surface area contributed by atoms with Gasteiger partial charge < -0.3 is 18.0 Å². The molecule has 5 nitrogen and oxygen atoms in total. The summed E-state index contributed by atoms with van der Waals surface area (Å²) in [5.74, 6) is -0.400. The van der Waals surface area contributed by atoms with Gasteiger partial charge in [-0.05, 0) is 73.7 Å². The fraction of sp³-hybridized carbons (Fsp3) is 0.891. The minimum atomic E-state index is -2.18. The molecule has 4 atom stereocenters. The third kappa shape index (κ3) is 21.9. The number of ether oxygens (including phenoxy) is 1. The summed E-state index contributed by atoms with van der Waals surface area (Å²) in [7, 11) is -6.38. The average molecular weight is 812 g/mol. The number of rotatable bonds is 30. The van der Waals surface area contributed by atoms with Crippen molar-refractivity contribution < 1.29 is 22.8 Å². The maximum atomic E-state index is 12.4. The minimum absolute atomic E-state index is 0.0307. The number of hydrogen-bond donors (Lipinski definition) is 0. The van der Waals surface area contributed by atoms with E-state index in [9.17, 15) is 4.79 Å². The summed E-state index contributed by atoms with van der Waals surface area (Å²) in [6, 6.07) is 0. The van der Waals surface area contributed by atoms with Gasteiger partial charge in [0.25, 0.3) is 0 Å². The van der Waals surface area contributed by atoms with Crippen LogP contribution in [0.25, 0.3) is 0 Å². The first kappa shape index (κ1) is 53.5. The Morgan fingerprint density at radius 3 is 1.17 bits per heavy atom. The molecule has 0 aromatic rings. The highest BCUT2D eigenvalue weighted by atomic mass is 28.4. The molecule has 0 aliphatic heterocycles. The normalized spacial score (nSPS) is 15.8. The molecule has 0 amide bonds. The van der Waals surface area contributed by atoms with Crippen LogP contribution in [-0.2, 0) is 22.8 Å². The van der Waals surface area contributed by atoms with E-state index in [-0.39, 0.29) is 39.5 Å². The van der Waals surface area contributed by atoms with Crippen LogP contribution in [0.5, 0.6) is 0 Å². The van der Waals surface area contributed by atoms with Crippen molar-refractivity contribution in [1.29, 1.82) is 0 Å². The van der Waals surface area contributed by atoms with Crippen molar-refractivity contribution in [2.45, 2.75) is 264 Å². The van der Waals surface area contributed by atoms with Crippen LogP contribution in [0.1, 0.15) is 185 Å². The highest BCUT2D eigenvalue weighted by Gasteiger charge is 2.44. The van der Waals surface area contributed by atoms with Gasteiger partial charge in [0.1, 0.15) is 6.10 Å². The molecular weight excluding hydrogens is 717 g/mol.